The van der Waals surface area contributed by atoms with Crippen molar-refractivity contribution in [2.45, 2.75) is 46.0 Å². The molecule has 0 saturated heterocycles. The zero-order valence-electron chi connectivity index (χ0n) is 10.4. The van der Waals surface area contributed by atoms with Crippen LogP contribution in [-0.2, 0) is 0 Å². The van der Waals surface area contributed by atoms with Gasteiger partial charge >= 0.3 is 0 Å². The van der Waals surface area contributed by atoms with Gasteiger partial charge in [0.2, 0.25) is 0 Å². The van der Waals surface area contributed by atoms with Crippen LogP contribution in [-0.4, -0.2) is 26.1 Å². The summed E-state index contributed by atoms with van der Waals surface area (Å²) in [4.78, 5) is 4.20. The van der Waals surface area contributed by atoms with Gasteiger partial charge in [0, 0.05) is 20.1 Å². The van der Waals surface area contributed by atoms with Gasteiger partial charge in [-0.05, 0) is 31.6 Å². The van der Waals surface area contributed by atoms with E-state index in [2.05, 4.69) is 29.5 Å². The lowest BCUT2D eigenvalue weighted by Crippen LogP contribution is -2.42. The van der Waals surface area contributed by atoms with Crippen LogP contribution in [0.25, 0.3) is 0 Å². The largest absolute Gasteiger partial charge is 0.357 e. The predicted molar refractivity (Wildman–Crippen MR) is 66.2 cm³/mol. The van der Waals surface area contributed by atoms with E-state index in [-0.39, 0.29) is 0 Å². The average Bonchev–Trinajstić information content (AvgIpc) is 2.73. The first-order valence-corrected chi connectivity index (χ1v) is 6.21. The standard InChI is InChI=1S/C12H25N3/c1-4-12(8-6-7-9-12)10-15-11(13-3)14-5-2/h4-10H2,1-3H3,(H2,13,14,15). The van der Waals surface area contributed by atoms with Crippen LogP contribution in [0.3, 0.4) is 0 Å². The SMILES string of the molecule is CCNC(=NC)NCC1(CC)CCCC1. The predicted octanol–water partition coefficient (Wildman–Crippen LogP) is 2.14. The van der Waals surface area contributed by atoms with E-state index in [1.807, 2.05) is 7.05 Å². The normalized spacial score (nSPS) is 20.3. The van der Waals surface area contributed by atoms with E-state index in [0.717, 1.165) is 19.0 Å². The molecule has 0 atom stereocenters. The molecule has 0 amide bonds. The molecule has 0 spiro atoms. The van der Waals surface area contributed by atoms with Crippen LogP contribution < -0.4 is 10.6 Å². The maximum Gasteiger partial charge on any atom is 0.190 e. The van der Waals surface area contributed by atoms with Gasteiger partial charge in [0.1, 0.15) is 0 Å². The van der Waals surface area contributed by atoms with Crippen molar-refractivity contribution >= 4 is 5.96 Å². The third-order valence-electron chi connectivity index (χ3n) is 3.61. The number of hydrogen-bond donors (Lipinski definition) is 2. The fourth-order valence-corrected chi connectivity index (χ4v) is 2.44. The Balaban J connectivity index is 2.39. The van der Waals surface area contributed by atoms with Crippen LogP contribution in [0.5, 0.6) is 0 Å². The molecule has 0 aliphatic heterocycles. The number of nitrogens with zero attached hydrogens (tertiary/aromatic N) is 1. The van der Waals surface area contributed by atoms with E-state index < -0.39 is 0 Å². The first-order valence-electron chi connectivity index (χ1n) is 6.21. The molecule has 2 N–H and O–H groups in total. The van der Waals surface area contributed by atoms with Gasteiger partial charge in [0.25, 0.3) is 0 Å². The molecule has 1 aliphatic rings. The second-order valence-electron chi connectivity index (χ2n) is 4.52. The fraction of sp³-hybridized carbons (Fsp3) is 0.917. The number of rotatable bonds is 4. The Hall–Kier alpha value is -0.730. The Morgan fingerprint density at radius 1 is 1.20 bits per heavy atom. The summed E-state index contributed by atoms with van der Waals surface area (Å²) in [7, 11) is 1.83. The molecule has 0 bridgehead atoms. The minimum Gasteiger partial charge on any atom is -0.357 e. The molecule has 0 heterocycles. The molecule has 0 unspecified atom stereocenters. The summed E-state index contributed by atoms with van der Waals surface area (Å²) in [5.74, 6) is 0.942. The van der Waals surface area contributed by atoms with Gasteiger partial charge in [0.05, 0.1) is 0 Å². The first-order chi connectivity index (χ1) is 7.26. The van der Waals surface area contributed by atoms with Crippen LogP contribution >= 0.6 is 0 Å². The van der Waals surface area contributed by atoms with Crippen LogP contribution in [0.15, 0.2) is 4.99 Å². The van der Waals surface area contributed by atoms with Gasteiger partial charge < -0.3 is 10.6 Å². The summed E-state index contributed by atoms with van der Waals surface area (Å²) < 4.78 is 0. The molecular weight excluding hydrogens is 186 g/mol. The maximum absolute atomic E-state index is 4.20. The molecule has 1 saturated carbocycles. The number of aliphatic imine (C=N–C) groups is 1. The molecule has 1 fully saturated rings. The number of guanidine groups is 1. The van der Waals surface area contributed by atoms with Gasteiger partial charge in [-0.1, -0.05) is 19.8 Å². The van der Waals surface area contributed by atoms with Crippen molar-refractivity contribution in [2.75, 3.05) is 20.1 Å². The number of hydrogen-bond acceptors (Lipinski definition) is 1. The topological polar surface area (TPSA) is 36.4 Å². The summed E-state index contributed by atoms with van der Waals surface area (Å²) in [5.41, 5.74) is 0.533. The van der Waals surface area contributed by atoms with Crippen LogP contribution in [0.1, 0.15) is 46.0 Å². The third kappa shape index (κ3) is 3.40. The maximum atomic E-state index is 4.20. The smallest absolute Gasteiger partial charge is 0.190 e. The van der Waals surface area contributed by atoms with Crippen LogP contribution in [0, 0.1) is 5.41 Å². The van der Waals surface area contributed by atoms with E-state index in [1.165, 1.54) is 32.1 Å². The molecule has 88 valence electrons. The molecule has 0 aromatic rings. The van der Waals surface area contributed by atoms with Gasteiger partial charge in [-0.25, -0.2) is 0 Å². The second kappa shape index (κ2) is 5.99. The number of nitrogens with one attached hydrogen (secondary N) is 2. The molecule has 0 radical (unpaired) electrons. The Kier molecular flexibility index (Phi) is 4.92. The monoisotopic (exact) mass is 211 g/mol. The van der Waals surface area contributed by atoms with Crippen molar-refractivity contribution in [3.63, 3.8) is 0 Å². The van der Waals surface area contributed by atoms with Gasteiger partial charge in [-0.15, -0.1) is 0 Å². The summed E-state index contributed by atoms with van der Waals surface area (Å²) >= 11 is 0. The summed E-state index contributed by atoms with van der Waals surface area (Å²) in [5, 5.41) is 6.68. The molecule has 0 aromatic carbocycles. The molecule has 0 aromatic heterocycles. The fourth-order valence-electron chi connectivity index (χ4n) is 2.44. The van der Waals surface area contributed by atoms with Crippen molar-refractivity contribution < 1.29 is 0 Å². The average molecular weight is 211 g/mol. The Labute approximate surface area is 93.7 Å². The van der Waals surface area contributed by atoms with E-state index in [9.17, 15) is 0 Å². The summed E-state index contributed by atoms with van der Waals surface area (Å²) in [6.07, 6.45) is 6.83. The van der Waals surface area contributed by atoms with Crippen LogP contribution in [0.4, 0.5) is 0 Å². The lowest BCUT2D eigenvalue weighted by molar-refractivity contribution is 0.283. The van der Waals surface area contributed by atoms with Crippen molar-refractivity contribution in [2.24, 2.45) is 10.4 Å². The van der Waals surface area contributed by atoms with Crippen molar-refractivity contribution in [1.29, 1.82) is 0 Å². The first kappa shape index (κ1) is 12.3. The quantitative estimate of drug-likeness (QED) is 0.552. The zero-order valence-corrected chi connectivity index (χ0v) is 10.4. The van der Waals surface area contributed by atoms with Gasteiger partial charge in [0.15, 0.2) is 5.96 Å². The van der Waals surface area contributed by atoms with E-state index >= 15 is 0 Å². The van der Waals surface area contributed by atoms with E-state index in [1.54, 1.807) is 0 Å². The van der Waals surface area contributed by atoms with Crippen molar-refractivity contribution in [1.82, 2.24) is 10.6 Å². The van der Waals surface area contributed by atoms with Gasteiger partial charge in [-0.2, -0.15) is 0 Å². The minimum atomic E-state index is 0.533. The highest BCUT2D eigenvalue weighted by Gasteiger charge is 2.31. The van der Waals surface area contributed by atoms with Crippen molar-refractivity contribution in [3.05, 3.63) is 0 Å². The minimum absolute atomic E-state index is 0.533. The summed E-state index contributed by atoms with van der Waals surface area (Å²) in [6, 6.07) is 0. The highest BCUT2D eigenvalue weighted by Crippen LogP contribution is 2.40. The Morgan fingerprint density at radius 3 is 2.33 bits per heavy atom. The zero-order chi connectivity index (χ0) is 11.1. The van der Waals surface area contributed by atoms with Gasteiger partial charge in [-0.3, -0.25) is 4.99 Å². The Morgan fingerprint density at radius 2 is 1.87 bits per heavy atom. The van der Waals surface area contributed by atoms with Crippen LogP contribution in [0.2, 0.25) is 0 Å². The molecular formula is C12H25N3. The Bertz CT molecular complexity index is 205. The molecule has 1 aliphatic carbocycles. The lowest BCUT2D eigenvalue weighted by Gasteiger charge is -2.28. The van der Waals surface area contributed by atoms with E-state index in [4.69, 9.17) is 0 Å². The molecule has 3 heteroatoms. The molecule has 3 nitrogen and oxygen atoms in total. The lowest BCUT2D eigenvalue weighted by atomic mass is 9.83. The van der Waals surface area contributed by atoms with E-state index in [0.29, 0.717) is 5.41 Å². The second-order valence-corrected chi connectivity index (χ2v) is 4.52. The third-order valence-corrected chi connectivity index (χ3v) is 3.61. The molecule has 15 heavy (non-hydrogen) atoms. The summed E-state index contributed by atoms with van der Waals surface area (Å²) in [6.45, 7) is 6.41. The molecule has 1 rings (SSSR count). The van der Waals surface area contributed by atoms with Crippen molar-refractivity contribution in [3.8, 4) is 0 Å². The highest BCUT2D eigenvalue weighted by atomic mass is 15.2. The highest BCUT2D eigenvalue weighted by molar-refractivity contribution is 5.79.